The van der Waals surface area contributed by atoms with E-state index in [-0.39, 0.29) is 74.2 Å². The average Bonchev–Trinajstić information content (AvgIpc) is 3.54. The molecule has 46 heavy (non-hydrogen) atoms. The Bertz CT molecular complexity index is 1260. The number of amides is 1. The van der Waals surface area contributed by atoms with Crippen molar-refractivity contribution in [1.29, 1.82) is 5.41 Å². The zero-order valence-corrected chi connectivity index (χ0v) is 30.2. The fourth-order valence-corrected chi connectivity index (χ4v) is 7.39. The Balaban J connectivity index is 0.00000353. The maximum Gasteiger partial charge on any atom is 0.415 e. The van der Waals surface area contributed by atoms with E-state index >= 15 is 0 Å². The Hall–Kier alpha value is -1.98. The van der Waals surface area contributed by atoms with Crippen LogP contribution in [0.5, 0.6) is 0 Å². The molecule has 11 nitrogen and oxygen atoms in total. The van der Waals surface area contributed by atoms with Crippen molar-refractivity contribution in [3.05, 3.63) is 48.0 Å². The van der Waals surface area contributed by atoms with Crippen LogP contribution in [0.1, 0.15) is 87.8 Å². The van der Waals surface area contributed by atoms with Gasteiger partial charge in [0.25, 0.3) is 5.91 Å². The van der Waals surface area contributed by atoms with Crippen molar-refractivity contribution in [2.75, 3.05) is 37.7 Å². The van der Waals surface area contributed by atoms with E-state index < -0.39 is 19.2 Å². The van der Waals surface area contributed by atoms with Crippen LogP contribution in [0.4, 0.5) is 5.82 Å². The topological polar surface area (TPSA) is 135 Å². The quantitative estimate of drug-likeness (QED) is 0.0949. The molecule has 0 spiro atoms. The molecule has 1 saturated carbocycles. The van der Waals surface area contributed by atoms with E-state index in [9.17, 15) is 14.2 Å². The number of ether oxygens (including phenoxy) is 1. The molecule has 1 amide bonds. The third kappa shape index (κ3) is 11.0. The fraction of sp³-hybridized carbons (Fsp3) is 0.613. The smallest absolute Gasteiger partial charge is 0.415 e. The number of hydrogen-bond acceptors (Lipinski definition) is 10. The van der Waals surface area contributed by atoms with Gasteiger partial charge in [-0.25, -0.2) is 9.55 Å². The number of aromatic nitrogens is 1. The van der Waals surface area contributed by atoms with E-state index in [4.69, 9.17) is 23.6 Å². The molecule has 0 aromatic carbocycles. The molecular formula is C31H48Cl3N4O7P. The molecule has 3 heterocycles. The van der Waals surface area contributed by atoms with Gasteiger partial charge in [-0.05, 0) is 88.6 Å². The zero-order chi connectivity index (χ0) is 30.9. The summed E-state index contributed by atoms with van der Waals surface area (Å²) >= 11 is 0. The van der Waals surface area contributed by atoms with E-state index in [0.29, 0.717) is 11.6 Å². The second-order valence-electron chi connectivity index (χ2n) is 11.5. The maximum absolute atomic E-state index is 13.4. The molecule has 2 aromatic rings. The third-order valence-electron chi connectivity index (χ3n) is 8.46. The molecule has 1 aliphatic heterocycles. The van der Waals surface area contributed by atoms with E-state index in [2.05, 4.69) is 9.88 Å². The highest BCUT2D eigenvalue weighted by Gasteiger charge is 2.39. The number of pyridine rings is 1. The van der Waals surface area contributed by atoms with Crippen molar-refractivity contribution in [1.82, 2.24) is 9.88 Å². The molecule has 2 aliphatic rings. The maximum atomic E-state index is 13.4. The summed E-state index contributed by atoms with van der Waals surface area (Å²) in [7, 11) is -3.95. The fourth-order valence-electron chi connectivity index (χ4n) is 6.19. The number of rotatable bonds is 13. The molecule has 0 unspecified atom stereocenters. The summed E-state index contributed by atoms with van der Waals surface area (Å²) in [5.41, 5.74) is 0.0470. The normalized spacial score (nSPS) is 16.7. The predicted molar refractivity (Wildman–Crippen MR) is 185 cm³/mol. The number of anilines is 1. The highest BCUT2D eigenvalue weighted by Crippen LogP contribution is 2.50. The molecule has 15 heteroatoms. The van der Waals surface area contributed by atoms with Gasteiger partial charge >= 0.3 is 19.2 Å². The van der Waals surface area contributed by atoms with Crippen LogP contribution >= 0.6 is 44.8 Å². The van der Waals surface area contributed by atoms with Gasteiger partial charge in [-0.1, -0.05) is 25.3 Å². The summed E-state index contributed by atoms with van der Waals surface area (Å²) in [6.07, 6.45) is 10.9. The van der Waals surface area contributed by atoms with Gasteiger partial charge < -0.3 is 23.1 Å². The first-order valence-corrected chi connectivity index (χ1v) is 16.9. The van der Waals surface area contributed by atoms with Crippen LogP contribution in [-0.2, 0) is 23.1 Å². The molecule has 4 rings (SSSR count). The van der Waals surface area contributed by atoms with Crippen molar-refractivity contribution in [2.45, 2.75) is 84.6 Å². The van der Waals surface area contributed by atoms with Gasteiger partial charge in [-0.2, -0.15) is 0 Å². The van der Waals surface area contributed by atoms with E-state index in [1.54, 1.807) is 37.1 Å². The number of hydrogen-bond donors (Lipinski definition) is 1. The zero-order valence-electron chi connectivity index (χ0n) is 26.8. The molecule has 2 aromatic heterocycles. The Morgan fingerprint density at radius 2 is 1.72 bits per heavy atom. The van der Waals surface area contributed by atoms with Gasteiger partial charge in [-0.15, -0.1) is 37.2 Å². The minimum absolute atomic E-state index is 0. The lowest BCUT2D eigenvalue weighted by Gasteiger charge is -2.41. The van der Waals surface area contributed by atoms with E-state index in [1.807, 2.05) is 19.1 Å². The lowest BCUT2D eigenvalue weighted by Crippen LogP contribution is -2.48. The summed E-state index contributed by atoms with van der Waals surface area (Å²) in [5.74, 6) is 0.156. The van der Waals surface area contributed by atoms with Crippen LogP contribution in [-0.4, -0.2) is 66.3 Å². The van der Waals surface area contributed by atoms with Crippen LogP contribution < -0.4 is 4.90 Å². The first kappa shape index (κ1) is 42.0. The second-order valence-corrected chi connectivity index (χ2v) is 13.4. The first-order valence-electron chi connectivity index (χ1n) is 15.4. The van der Waals surface area contributed by atoms with Gasteiger partial charge in [0, 0.05) is 25.3 Å². The minimum Gasteiger partial charge on any atom is -0.459 e. The lowest BCUT2D eigenvalue weighted by atomic mass is 9.69. The molecular weight excluding hydrogens is 678 g/mol. The van der Waals surface area contributed by atoms with Crippen LogP contribution in [0, 0.1) is 17.7 Å². The number of carbonyl (C=O) groups is 2. The SMILES string of the molecule is CCOP(=O)(OCC)C(=N)OC(=O)CC1(CCN2CCC(N(C(=O)c3ccco3)c3ccc(C)cn3)CC2)CCCCC1.Cl.Cl.Cl. The number of piperidine rings is 1. The number of nitrogens with zero attached hydrogens (tertiary/aromatic N) is 3. The first-order chi connectivity index (χ1) is 20.7. The third-order valence-corrected chi connectivity index (χ3v) is 10.2. The summed E-state index contributed by atoms with van der Waals surface area (Å²) < 4.78 is 33.9. The van der Waals surface area contributed by atoms with Crippen LogP contribution in [0.25, 0.3) is 0 Å². The standard InChI is InChI=1S/C31H45N4O7P.3ClH/c1-4-40-43(38,41-5-2)30(32)42-28(36)22-31(15-7-6-8-16-31)17-20-34-18-13-25(14-19-34)35(27-12-11-24(3)23-33-27)29(37)26-10-9-21-39-26;;;/h9-12,21,23,25,32H,4-8,13-20,22H2,1-3H3;3*1H. The van der Waals surface area contributed by atoms with Gasteiger partial charge in [0.05, 0.1) is 25.9 Å². The van der Waals surface area contributed by atoms with Crippen LogP contribution in [0.3, 0.4) is 0 Å². The second kappa shape index (κ2) is 19.7. The Morgan fingerprint density at radius 1 is 1.07 bits per heavy atom. The van der Waals surface area contributed by atoms with Crippen LogP contribution in [0.15, 0.2) is 41.1 Å². The molecule has 0 radical (unpaired) electrons. The number of aryl methyl sites for hydroxylation is 1. The van der Waals surface area contributed by atoms with E-state index in [1.165, 1.54) is 6.26 Å². The van der Waals surface area contributed by atoms with Crippen molar-refractivity contribution in [3.8, 4) is 0 Å². The Kier molecular flexibility index (Phi) is 18.0. The highest BCUT2D eigenvalue weighted by molar-refractivity contribution is 7.71. The molecule has 2 fully saturated rings. The number of nitrogens with one attached hydrogen (secondary N) is 1. The predicted octanol–water partition coefficient (Wildman–Crippen LogP) is 7.83. The minimum atomic E-state index is -3.95. The Morgan fingerprint density at radius 3 is 2.26 bits per heavy atom. The van der Waals surface area contributed by atoms with Crippen molar-refractivity contribution < 1.29 is 32.4 Å². The molecule has 0 bridgehead atoms. The summed E-state index contributed by atoms with van der Waals surface area (Å²) in [4.78, 5) is 35.2. The number of likely N-dealkylation sites (tertiary alicyclic amines) is 1. The molecule has 0 atom stereocenters. The monoisotopic (exact) mass is 724 g/mol. The van der Waals surface area contributed by atoms with Gasteiger partial charge in [0.15, 0.2) is 5.76 Å². The largest absolute Gasteiger partial charge is 0.459 e. The molecule has 1 saturated heterocycles. The Labute approximate surface area is 290 Å². The number of esters is 1. The number of carbonyl (C=O) groups excluding carboxylic acids is 2. The highest BCUT2D eigenvalue weighted by atomic mass is 35.5. The summed E-state index contributed by atoms with van der Waals surface area (Å²) in [6.45, 7) is 7.87. The van der Waals surface area contributed by atoms with Gasteiger partial charge in [0.2, 0.25) is 0 Å². The van der Waals surface area contributed by atoms with Crippen molar-refractivity contribution in [3.63, 3.8) is 0 Å². The molecule has 260 valence electrons. The van der Waals surface area contributed by atoms with Crippen molar-refractivity contribution >= 4 is 68.2 Å². The lowest BCUT2D eigenvalue weighted by molar-refractivity contribution is -0.139. The number of furan rings is 1. The summed E-state index contributed by atoms with van der Waals surface area (Å²) in [6, 6.07) is 7.23. The van der Waals surface area contributed by atoms with Crippen LogP contribution in [0.2, 0.25) is 0 Å². The molecule has 1 N–H and O–H groups in total. The van der Waals surface area contributed by atoms with Gasteiger partial charge in [-0.3, -0.25) is 19.9 Å². The summed E-state index contributed by atoms with van der Waals surface area (Å²) in [5, 5.41) is 8.12. The van der Waals surface area contributed by atoms with Crippen molar-refractivity contribution in [2.24, 2.45) is 5.41 Å². The van der Waals surface area contributed by atoms with E-state index in [0.717, 1.165) is 76.6 Å². The van der Waals surface area contributed by atoms with Gasteiger partial charge in [0.1, 0.15) is 5.82 Å². The molecule has 1 aliphatic carbocycles. The average molecular weight is 726 g/mol. The number of halogens is 3.